The minimum Gasteiger partial charge on any atom is -0.494 e. The minimum absolute atomic E-state index is 0.467. The van der Waals surface area contributed by atoms with Crippen molar-refractivity contribution in [1.29, 1.82) is 0 Å². The molecule has 0 saturated carbocycles. The maximum Gasteiger partial charge on any atom is 0.146 e. The van der Waals surface area contributed by atoms with Crippen LogP contribution in [0.4, 0.5) is 0 Å². The quantitative estimate of drug-likeness (QED) is 0.802. The van der Waals surface area contributed by atoms with E-state index in [2.05, 4.69) is 26.4 Å². The van der Waals surface area contributed by atoms with Crippen molar-refractivity contribution in [2.24, 2.45) is 0 Å². The number of methoxy groups -OCH3 is 1. The second-order valence-electron chi connectivity index (χ2n) is 5.77. The lowest BCUT2D eigenvalue weighted by Gasteiger charge is -2.22. The molecule has 4 rings (SSSR count). The van der Waals surface area contributed by atoms with Gasteiger partial charge >= 0.3 is 0 Å². The van der Waals surface area contributed by atoms with E-state index < -0.39 is 0 Å². The number of hydrogen-bond acceptors (Lipinski definition) is 4. The fourth-order valence-electron chi connectivity index (χ4n) is 3.12. The third-order valence-corrected chi connectivity index (χ3v) is 4.65. The first-order valence-electron chi connectivity index (χ1n) is 7.72. The number of fused-ring (bicyclic) bond motifs is 1. The highest BCUT2D eigenvalue weighted by molar-refractivity contribution is 6.34. The van der Waals surface area contributed by atoms with E-state index in [1.54, 1.807) is 17.8 Å². The van der Waals surface area contributed by atoms with Crippen LogP contribution in [0.15, 0.2) is 30.9 Å². The highest BCUT2D eigenvalue weighted by Gasteiger charge is 2.17. The van der Waals surface area contributed by atoms with Crippen LogP contribution in [-0.4, -0.2) is 39.6 Å². The molecule has 7 heteroatoms. The van der Waals surface area contributed by atoms with Gasteiger partial charge in [0.15, 0.2) is 0 Å². The monoisotopic (exact) mass is 331 g/mol. The zero-order chi connectivity index (χ0) is 15.8. The number of hydrogen-bond donors (Lipinski definition) is 1. The van der Waals surface area contributed by atoms with Crippen molar-refractivity contribution >= 4 is 17.1 Å². The van der Waals surface area contributed by atoms with Gasteiger partial charge in [0.2, 0.25) is 0 Å². The summed E-state index contributed by atoms with van der Waals surface area (Å²) in [6.45, 7) is 2.09. The summed E-state index contributed by atoms with van der Waals surface area (Å²) in [6.07, 6.45) is 9.79. The second-order valence-corrected chi connectivity index (χ2v) is 6.18. The number of piperidine rings is 1. The Morgan fingerprint density at radius 2 is 2.00 bits per heavy atom. The van der Waals surface area contributed by atoms with E-state index in [1.165, 1.54) is 0 Å². The molecule has 0 spiro atoms. The van der Waals surface area contributed by atoms with Crippen molar-refractivity contribution < 1.29 is 4.74 Å². The van der Waals surface area contributed by atoms with Crippen LogP contribution < -0.4 is 10.1 Å². The first-order valence-corrected chi connectivity index (χ1v) is 8.10. The van der Waals surface area contributed by atoms with E-state index in [9.17, 15) is 0 Å². The Morgan fingerprint density at radius 1 is 1.17 bits per heavy atom. The predicted octanol–water partition coefficient (Wildman–Crippen LogP) is 2.78. The van der Waals surface area contributed by atoms with Crippen LogP contribution in [0.3, 0.4) is 0 Å². The van der Waals surface area contributed by atoms with E-state index >= 15 is 0 Å². The molecule has 0 aromatic carbocycles. The van der Waals surface area contributed by atoms with Crippen LogP contribution in [0.5, 0.6) is 5.75 Å². The molecule has 3 aromatic heterocycles. The Kier molecular flexibility index (Phi) is 3.71. The van der Waals surface area contributed by atoms with Crippen LogP contribution in [0.2, 0.25) is 5.02 Å². The molecule has 0 atom stereocenters. The molecule has 1 N–H and O–H groups in total. The standard InChI is InChI=1S/C16H18ClN5O/c1-23-15-6-11(9-22-16(15)14(17)8-20-22)12-7-19-21(10-12)13-2-4-18-5-3-13/h6-10,13,18H,2-5H2,1H3. The zero-order valence-electron chi connectivity index (χ0n) is 12.9. The molecule has 0 bridgehead atoms. The van der Waals surface area contributed by atoms with Crippen molar-refractivity contribution in [2.75, 3.05) is 20.2 Å². The topological polar surface area (TPSA) is 56.4 Å². The van der Waals surface area contributed by atoms with E-state index in [0.29, 0.717) is 16.8 Å². The molecule has 0 unspecified atom stereocenters. The molecular formula is C16H18ClN5O. The van der Waals surface area contributed by atoms with Crippen LogP contribution in [0.1, 0.15) is 18.9 Å². The van der Waals surface area contributed by atoms with Gasteiger partial charge in [-0.15, -0.1) is 0 Å². The Balaban J connectivity index is 1.73. The molecule has 1 aliphatic rings. The van der Waals surface area contributed by atoms with Crippen molar-refractivity contribution in [3.63, 3.8) is 0 Å². The molecule has 1 aliphatic heterocycles. The highest BCUT2D eigenvalue weighted by atomic mass is 35.5. The Hall–Kier alpha value is -2.05. The molecule has 0 radical (unpaired) electrons. The lowest BCUT2D eigenvalue weighted by molar-refractivity contribution is 0.343. The van der Waals surface area contributed by atoms with Gasteiger partial charge in [0.05, 0.1) is 30.6 Å². The lowest BCUT2D eigenvalue weighted by atomic mass is 10.1. The summed E-state index contributed by atoms with van der Waals surface area (Å²) in [5, 5.41) is 12.8. The summed E-state index contributed by atoms with van der Waals surface area (Å²) in [4.78, 5) is 0. The first kappa shape index (κ1) is 14.5. The van der Waals surface area contributed by atoms with Gasteiger partial charge in [-0.2, -0.15) is 10.2 Å². The van der Waals surface area contributed by atoms with E-state index in [0.717, 1.165) is 42.6 Å². The van der Waals surface area contributed by atoms with E-state index in [-0.39, 0.29) is 0 Å². The van der Waals surface area contributed by atoms with Gasteiger partial charge in [-0.05, 0) is 32.0 Å². The molecule has 6 nitrogen and oxygen atoms in total. The normalized spacial score (nSPS) is 16.1. The van der Waals surface area contributed by atoms with Gasteiger partial charge in [-0.25, -0.2) is 4.52 Å². The highest BCUT2D eigenvalue weighted by Crippen LogP contribution is 2.32. The summed E-state index contributed by atoms with van der Waals surface area (Å²) in [7, 11) is 1.64. The lowest BCUT2D eigenvalue weighted by Crippen LogP contribution is -2.29. The number of ether oxygens (including phenoxy) is 1. The van der Waals surface area contributed by atoms with Gasteiger partial charge in [0.1, 0.15) is 11.3 Å². The third kappa shape index (κ3) is 2.58. The van der Waals surface area contributed by atoms with Crippen molar-refractivity contribution in [3.8, 4) is 16.9 Å². The smallest absolute Gasteiger partial charge is 0.146 e. The Labute approximate surface area is 139 Å². The fourth-order valence-corrected chi connectivity index (χ4v) is 3.34. The van der Waals surface area contributed by atoms with Gasteiger partial charge in [-0.1, -0.05) is 11.6 Å². The van der Waals surface area contributed by atoms with E-state index in [1.807, 2.05) is 18.5 Å². The summed E-state index contributed by atoms with van der Waals surface area (Å²) in [5.41, 5.74) is 2.84. The molecule has 1 fully saturated rings. The average molecular weight is 332 g/mol. The fraction of sp³-hybridized carbons (Fsp3) is 0.375. The minimum atomic E-state index is 0.467. The number of nitrogens with zero attached hydrogens (tertiary/aromatic N) is 4. The summed E-state index contributed by atoms with van der Waals surface area (Å²) < 4.78 is 9.29. The molecular weight excluding hydrogens is 314 g/mol. The third-order valence-electron chi connectivity index (χ3n) is 4.37. The van der Waals surface area contributed by atoms with Crippen LogP contribution >= 0.6 is 11.6 Å². The van der Waals surface area contributed by atoms with Crippen molar-refractivity contribution in [2.45, 2.75) is 18.9 Å². The molecule has 23 heavy (non-hydrogen) atoms. The van der Waals surface area contributed by atoms with Crippen LogP contribution in [0, 0.1) is 0 Å². The molecule has 0 aliphatic carbocycles. The second kappa shape index (κ2) is 5.86. The summed E-state index contributed by atoms with van der Waals surface area (Å²) in [6, 6.07) is 2.45. The van der Waals surface area contributed by atoms with Crippen molar-refractivity contribution in [1.82, 2.24) is 24.7 Å². The zero-order valence-corrected chi connectivity index (χ0v) is 13.6. The average Bonchev–Trinajstić information content (AvgIpc) is 3.22. The number of rotatable bonds is 3. The number of halogens is 1. The van der Waals surface area contributed by atoms with Gasteiger partial charge in [-0.3, -0.25) is 4.68 Å². The molecule has 0 amide bonds. The largest absolute Gasteiger partial charge is 0.494 e. The molecule has 4 heterocycles. The number of aromatic nitrogens is 4. The number of nitrogens with one attached hydrogen (secondary N) is 1. The predicted molar refractivity (Wildman–Crippen MR) is 89.1 cm³/mol. The Morgan fingerprint density at radius 3 is 2.78 bits per heavy atom. The van der Waals surface area contributed by atoms with Crippen LogP contribution in [0.25, 0.3) is 16.6 Å². The van der Waals surface area contributed by atoms with Gasteiger partial charge < -0.3 is 10.1 Å². The van der Waals surface area contributed by atoms with Gasteiger partial charge in [0, 0.05) is 23.5 Å². The molecule has 120 valence electrons. The summed E-state index contributed by atoms with van der Waals surface area (Å²) in [5.74, 6) is 0.708. The van der Waals surface area contributed by atoms with Crippen LogP contribution in [-0.2, 0) is 0 Å². The number of pyridine rings is 1. The first-order chi connectivity index (χ1) is 11.3. The van der Waals surface area contributed by atoms with E-state index in [4.69, 9.17) is 16.3 Å². The van der Waals surface area contributed by atoms with Crippen molar-refractivity contribution in [3.05, 3.63) is 35.9 Å². The Bertz CT molecular complexity index is 834. The molecule has 3 aromatic rings. The SMILES string of the molecule is COc1cc(-c2cnn(C3CCNCC3)c2)cn2ncc(Cl)c12. The molecule has 1 saturated heterocycles. The van der Waals surface area contributed by atoms with Gasteiger partial charge in [0.25, 0.3) is 0 Å². The maximum absolute atomic E-state index is 6.17. The maximum atomic E-state index is 6.17. The summed E-state index contributed by atoms with van der Waals surface area (Å²) >= 11 is 6.17.